The van der Waals surface area contributed by atoms with E-state index in [1.165, 1.54) is 12.1 Å². The van der Waals surface area contributed by atoms with Crippen LogP contribution < -0.4 is 4.74 Å². The Labute approximate surface area is 113 Å². The molecule has 19 heavy (non-hydrogen) atoms. The van der Waals surface area contributed by atoms with Gasteiger partial charge in [0.2, 0.25) is 5.91 Å². The molecule has 1 aromatic rings. The van der Waals surface area contributed by atoms with Crippen molar-refractivity contribution in [3.05, 3.63) is 30.1 Å². The molecule has 0 spiro atoms. The maximum Gasteiger partial charge on any atom is 0.248 e. The monoisotopic (exact) mass is 269 g/mol. The summed E-state index contributed by atoms with van der Waals surface area (Å²) in [5, 5.41) is 0. The van der Waals surface area contributed by atoms with Crippen LogP contribution in [0.4, 0.5) is 4.39 Å². The number of carbonyl (C=O) groups is 1. The molecule has 0 unspecified atom stereocenters. The third-order valence-corrected chi connectivity index (χ3v) is 2.47. The van der Waals surface area contributed by atoms with Gasteiger partial charge in [0.25, 0.3) is 0 Å². The van der Waals surface area contributed by atoms with Gasteiger partial charge in [-0.15, -0.1) is 0 Å². The van der Waals surface area contributed by atoms with Crippen molar-refractivity contribution in [1.29, 1.82) is 0 Å². The third-order valence-electron chi connectivity index (χ3n) is 2.47. The molecule has 1 rings (SSSR count). The zero-order valence-corrected chi connectivity index (χ0v) is 11.6. The number of rotatable bonds is 7. The second-order valence-electron chi connectivity index (χ2n) is 4.48. The van der Waals surface area contributed by atoms with Crippen molar-refractivity contribution in [2.24, 2.45) is 0 Å². The highest BCUT2D eigenvalue weighted by Gasteiger charge is 2.09. The number of hydrogen-bond acceptors (Lipinski definition) is 3. The summed E-state index contributed by atoms with van der Waals surface area (Å²) in [7, 11) is 1.69. The van der Waals surface area contributed by atoms with Crippen LogP contribution in [0.5, 0.6) is 5.75 Å². The van der Waals surface area contributed by atoms with Gasteiger partial charge in [-0.1, -0.05) is 0 Å². The van der Waals surface area contributed by atoms with Crippen LogP contribution in [0.25, 0.3) is 0 Å². The Kier molecular flexibility index (Phi) is 6.29. The summed E-state index contributed by atoms with van der Waals surface area (Å²) in [4.78, 5) is 13.2. The molecular weight excluding hydrogens is 249 g/mol. The molecular formula is C14H20FNO3. The van der Waals surface area contributed by atoms with Crippen molar-refractivity contribution >= 4 is 5.91 Å². The Morgan fingerprint density at radius 1 is 1.32 bits per heavy atom. The molecule has 0 saturated heterocycles. The van der Waals surface area contributed by atoms with Crippen molar-refractivity contribution in [3.63, 3.8) is 0 Å². The predicted octanol–water partition coefficient (Wildman–Crippen LogP) is 2.09. The normalized spacial score (nSPS) is 10.6. The Balaban J connectivity index is 2.24. The Hall–Kier alpha value is -1.62. The molecule has 0 aliphatic carbocycles. The molecule has 0 saturated carbocycles. The highest BCUT2D eigenvalue weighted by atomic mass is 19.1. The summed E-state index contributed by atoms with van der Waals surface area (Å²) < 4.78 is 23.3. The van der Waals surface area contributed by atoms with Gasteiger partial charge in [0.05, 0.1) is 12.6 Å². The van der Waals surface area contributed by atoms with Crippen molar-refractivity contribution in [1.82, 2.24) is 4.90 Å². The van der Waals surface area contributed by atoms with Gasteiger partial charge in [0, 0.05) is 7.05 Å². The molecule has 0 aliphatic rings. The van der Waals surface area contributed by atoms with Crippen LogP contribution in [0.15, 0.2) is 24.3 Å². The van der Waals surface area contributed by atoms with Gasteiger partial charge >= 0.3 is 0 Å². The van der Waals surface area contributed by atoms with E-state index >= 15 is 0 Å². The maximum absolute atomic E-state index is 12.7. The lowest BCUT2D eigenvalue weighted by Crippen LogP contribution is -2.34. The molecule has 0 aromatic heterocycles. The first-order valence-corrected chi connectivity index (χ1v) is 6.23. The van der Waals surface area contributed by atoms with Crippen molar-refractivity contribution in [2.45, 2.75) is 20.0 Å². The van der Waals surface area contributed by atoms with E-state index in [2.05, 4.69) is 0 Å². The minimum atomic E-state index is -0.300. The van der Waals surface area contributed by atoms with E-state index < -0.39 is 0 Å². The fraction of sp³-hybridized carbons (Fsp3) is 0.500. The van der Waals surface area contributed by atoms with Crippen LogP contribution in [-0.2, 0) is 9.53 Å². The predicted molar refractivity (Wildman–Crippen MR) is 70.6 cm³/mol. The Bertz CT molecular complexity index is 392. The molecule has 0 heterocycles. The van der Waals surface area contributed by atoms with Gasteiger partial charge in [-0.05, 0) is 38.1 Å². The summed E-state index contributed by atoms with van der Waals surface area (Å²) in [5.41, 5.74) is 0. The number of nitrogens with zero attached hydrogens (tertiary/aromatic N) is 1. The summed E-state index contributed by atoms with van der Waals surface area (Å²) in [6.45, 7) is 4.65. The van der Waals surface area contributed by atoms with E-state index in [-0.39, 0.29) is 24.4 Å². The summed E-state index contributed by atoms with van der Waals surface area (Å²) in [6.07, 6.45) is 0.0350. The van der Waals surface area contributed by atoms with Crippen LogP contribution >= 0.6 is 0 Å². The summed E-state index contributed by atoms with van der Waals surface area (Å²) in [5.74, 6) is 0.197. The van der Waals surface area contributed by atoms with Crippen LogP contribution in [0, 0.1) is 5.82 Å². The molecule has 0 radical (unpaired) electrons. The minimum absolute atomic E-state index is 0.0350. The fourth-order valence-electron chi connectivity index (χ4n) is 1.30. The van der Waals surface area contributed by atoms with Gasteiger partial charge in [-0.25, -0.2) is 4.39 Å². The first-order chi connectivity index (χ1) is 8.99. The second kappa shape index (κ2) is 7.74. The lowest BCUT2D eigenvalue weighted by atomic mass is 10.3. The van der Waals surface area contributed by atoms with Crippen molar-refractivity contribution < 1.29 is 18.7 Å². The van der Waals surface area contributed by atoms with Crippen LogP contribution in [0.3, 0.4) is 0 Å². The number of carbonyl (C=O) groups excluding carboxylic acids is 1. The van der Waals surface area contributed by atoms with Gasteiger partial charge < -0.3 is 14.4 Å². The zero-order valence-electron chi connectivity index (χ0n) is 11.6. The first-order valence-electron chi connectivity index (χ1n) is 6.23. The van der Waals surface area contributed by atoms with E-state index in [9.17, 15) is 9.18 Å². The molecule has 0 atom stereocenters. The first kappa shape index (κ1) is 15.4. The zero-order chi connectivity index (χ0) is 14.3. The van der Waals surface area contributed by atoms with Crippen molar-refractivity contribution in [3.8, 4) is 5.75 Å². The van der Waals surface area contributed by atoms with Crippen molar-refractivity contribution in [2.75, 3.05) is 26.8 Å². The van der Waals surface area contributed by atoms with E-state index in [1.54, 1.807) is 24.1 Å². The molecule has 0 fully saturated rings. The standard InChI is InChI=1S/C14H20FNO3/c1-11(2)19-10-14(17)16(3)8-9-18-13-6-4-12(15)5-7-13/h4-7,11H,8-10H2,1-3H3. The van der Waals surface area contributed by atoms with Gasteiger partial charge in [0.15, 0.2) is 0 Å². The molecule has 0 bridgehead atoms. The number of amides is 1. The molecule has 0 N–H and O–H groups in total. The number of likely N-dealkylation sites (N-methyl/N-ethyl adjacent to an activating group) is 1. The molecule has 5 heteroatoms. The molecule has 1 aromatic carbocycles. The largest absolute Gasteiger partial charge is 0.492 e. The lowest BCUT2D eigenvalue weighted by Gasteiger charge is -2.18. The lowest BCUT2D eigenvalue weighted by molar-refractivity contribution is -0.136. The summed E-state index contributed by atoms with van der Waals surface area (Å²) >= 11 is 0. The summed E-state index contributed by atoms with van der Waals surface area (Å²) in [6, 6.07) is 5.78. The molecule has 0 aliphatic heterocycles. The molecule has 1 amide bonds. The molecule has 4 nitrogen and oxygen atoms in total. The topological polar surface area (TPSA) is 38.8 Å². The van der Waals surface area contributed by atoms with Gasteiger partial charge in [-0.3, -0.25) is 4.79 Å². The van der Waals surface area contributed by atoms with Crippen LogP contribution in [0.1, 0.15) is 13.8 Å². The fourth-order valence-corrected chi connectivity index (χ4v) is 1.30. The number of ether oxygens (including phenoxy) is 2. The van der Waals surface area contributed by atoms with Gasteiger partial charge in [-0.2, -0.15) is 0 Å². The minimum Gasteiger partial charge on any atom is -0.492 e. The van der Waals surface area contributed by atoms with E-state index in [1.807, 2.05) is 13.8 Å². The second-order valence-corrected chi connectivity index (χ2v) is 4.48. The maximum atomic E-state index is 12.7. The van der Waals surface area contributed by atoms with E-state index in [0.29, 0.717) is 18.9 Å². The highest BCUT2D eigenvalue weighted by molar-refractivity contribution is 5.77. The number of hydrogen-bond donors (Lipinski definition) is 0. The number of benzene rings is 1. The average Bonchev–Trinajstić information content (AvgIpc) is 2.38. The quantitative estimate of drug-likeness (QED) is 0.761. The number of halogens is 1. The van der Waals surface area contributed by atoms with E-state index in [0.717, 1.165) is 0 Å². The molecule has 106 valence electrons. The SMILES string of the molecule is CC(C)OCC(=O)N(C)CCOc1ccc(F)cc1. The van der Waals surface area contributed by atoms with Crippen LogP contribution in [0.2, 0.25) is 0 Å². The Morgan fingerprint density at radius 3 is 2.53 bits per heavy atom. The smallest absolute Gasteiger partial charge is 0.248 e. The third kappa shape index (κ3) is 6.20. The van der Waals surface area contributed by atoms with Gasteiger partial charge in [0.1, 0.15) is 24.8 Å². The van der Waals surface area contributed by atoms with E-state index in [4.69, 9.17) is 9.47 Å². The average molecular weight is 269 g/mol. The highest BCUT2D eigenvalue weighted by Crippen LogP contribution is 2.10. The Morgan fingerprint density at radius 2 is 1.95 bits per heavy atom. The van der Waals surface area contributed by atoms with Crippen LogP contribution in [-0.4, -0.2) is 43.7 Å².